The second-order valence-electron chi connectivity index (χ2n) is 4.14. The van der Waals surface area contributed by atoms with Crippen LogP contribution in [0.25, 0.3) is 0 Å². The van der Waals surface area contributed by atoms with Gasteiger partial charge in [0.05, 0.1) is 11.3 Å². The zero-order chi connectivity index (χ0) is 14.0. The highest BCUT2D eigenvalue weighted by molar-refractivity contribution is 5.89. The van der Waals surface area contributed by atoms with Gasteiger partial charge in [-0.3, -0.25) is 0 Å². The summed E-state index contributed by atoms with van der Waals surface area (Å²) < 4.78 is 12.9. The van der Waals surface area contributed by atoms with Crippen molar-refractivity contribution in [2.45, 2.75) is 6.92 Å². The van der Waals surface area contributed by atoms with Crippen LogP contribution in [-0.4, -0.2) is 23.1 Å². The highest BCUT2D eigenvalue weighted by Crippen LogP contribution is 2.23. The van der Waals surface area contributed by atoms with Crippen molar-refractivity contribution >= 4 is 17.5 Å². The lowest BCUT2D eigenvalue weighted by Crippen LogP contribution is -2.13. The molecule has 0 atom stereocenters. The maximum atomic E-state index is 12.9. The molecule has 5 heteroatoms. The molecule has 2 rings (SSSR count). The molecule has 19 heavy (non-hydrogen) atoms. The third-order valence-corrected chi connectivity index (χ3v) is 2.86. The largest absolute Gasteiger partial charge is 0.478 e. The van der Waals surface area contributed by atoms with Crippen LogP contribution in [0.2, 0.25) is 0 Å². The number of carboxylic acid groups (broad SMARTS) is 1. The summed E-state index contributed by atoms with van der Waals surface area (Å²) >= 11 is 0. The lowest BCUT2D eigenvalue weighted by molar-refractivity contribution is 0.0695. The first kappa shape index (κ1) is 13.0. The van der Waals surface area contributed by atoms with Gasteiger partial charge in [0.15, 0.2) is 0 Å². The van der Waals surface area contributed by atoms with Crippen LogP contribution in [-0.2, 0) is 0 Å². The van der Waals surface area contributed by atoms with E-state index in [0.717, 1.165) is 5.69 Å². The van der Waals surface area contributed by atoms with Crippen molar-refractivity contribution in [1.82, 2.24) is 4.98 Å². The van der Waals surface area contributed by atoms with Gasteiger partial charge in [0, 0.05) is 12.7 Å². The van der Waals surface area contributed by atoms with Crippen LogP contribution in [0.1, 0.15) is 16.1 Å². The van der Waals surface area contributed by atoms with E-state index in [1.54, 1.807) is 37.1 Å². The predicted octanol–water partition coefficient (Wildman–Crippen LogP) is 3.00. The maximum Gasteiger partial charge on any atom is 0.337 e. The Bertz CT molecular complexity index is 611. The molecule has 0 bridgehead atoms. The lowest BCUT2D eigenvalue weighted by atomic mass is 10.2. The van der Waals surface area contributed by atoms with Crippen molar-refractivity contribution in [3.63, 3.8) is 0 Å². The van der Waals surface area contributed by atoms with E-state index in [1.807, 2.05) is 0 Å². The highest BCUT2D eigenvalue weighted by atomic mass is 19.1. The minimum absolute atomic E-state index is 0.177. The average Bonchev–Trinajstić information content (AvgIpc) is 2.38. The Morgan fingerprint density at radius 1 is 1.21 bits per heavy atom. The Hall–Kier alpha value is -2.43. The number of aryl methyl sites for hydroxylation is 1. The summed E-state index contributed by atoms with van der Waals surface area (Å²) in [6.45, 7) is 1.64. The molecule has 0 aliphatic carbocycles. The van der Waals surface area contributed by atoms with Gasteiger partial charge < -0.3 is 10.0 Å². The quantitative estimate of drug-likeness (QED) is 0.921. The van der Waals surface area contributed by atoms with E-state index >= 15 is 0 Å². The number of pyridine rings is 1. The number of carbonyl (C=O) groups is 1. The number of benzene rings is 1. The van der Waals surface area contributed by atoms with Crippen molar-refractivity contribution in [1.29, 1.82) is 0 Å². The number of aromatic carboxylic acids is 1. The van der Waals surface area contributed by atoms with Gasteiger partial charge >= 0.3 is 5.97 Å². The second-order valence-corrected chi connectivity index (χ2v) is 4.14. The zero-order valence-electron chi connectivity index (χ0n) is 10.6. The predicted molar refractivity (Wildman–Crippen MR) is 70.4 cm³/mol. The number of carboxylic acids is 1. The zero-order valence-corrected chi connectivity index (χ0v) is 10.6. The van der Waals surface area contributed by atoms with E-state index in [4.69, 9.17) is 5.11 Å². The van der Waals surface area contributed by atoms with Crippen LogP contribution < -0.4 is 4.90 Å². The minimum atomic E-state index is -0.999. The first-order valence-corrected chi connectivity index (χ1v) is 5.69. The molecule has 1 heterocycles. The molecule has 0 saturated heterocycles. The molecule has 0 saturated carbocycles. The molecule has 4 nitrogen and oxygen atoms in total. The summed E-state index contributed by atoms with van der Waals surface area (Å²) in [4.78, 5) is 16.9. The smallest absolute Gasteiger partial charge is 0.337 e. The summed E-state index contributed by atoms with van der Waals surface area (Å²) in [7, 11) is 1.79. The van der Waals surface area contributed by atoms with E-state index in [2.05, 4.69) is 4.98 Å². The fourth-order valence-corrected chi connectivity index (χ4v) is 1.76. The molecule has 0 spiro atoms. The van der Waals surface area contributed by atoms with Crippen LogP contribution in [0.3, 0.4) is 0 Å². The minimum Gasteiger partial charge on any atom is -0.478 e. The standard InChI is InChI=1S/C14H13FN2O2/c1-9-12(14(18)19)7-8-13(16-9)17(2)11-5-3-10(15)4-6-11/h3-8H,1-2H3,(H,18,19). The van der Waals surface area contributed by atoms with Gasteiger partial charge in [-0.15, -0.1) is 0 Å². The van der Waals surface area contributed by atoms with Crippen molar-refractivity contribution in [3.05, 3.63) is 53.5 Å². The average molecular weight is 260 g/mol. The molecule has 2 aromatic rings. The fraction of sp³-hybridized carbons (Fsp3) is 0.143. The van der Waals surface area contributed by atoms with Crippen molar-refractivity contribution in [2.75, 3.05) is 11.9 Å². The molecule has 0 fully saturated rings. The van der Waals surface area contributed by atoms with Gasteiger partial charge in [0.1, 0.15) is 11.6 Å². The molecule has 0 radical (unpaired) electrons. The second kappa shape index (κ2) is 5.06. The lowest BCUT2D eigenvalue weighted by Gasteiger charge is -2.19. The molecular formula is C14H13FN2O2. The topological polar surface area (TPSA) is 53.4 Å². The third-order valence-electron chi connectivity index (χ3n) is 2.86. The van der Waals surface area contributed by atoms with Gasteiger partial charge in [-0.25, -0.2) is 14.2 Å². The summed E-state index contributed by atoms with van der Waals surface area (Å²) in [5.41, 5.74) is 1.39. The Labute approximate surface area is 110 Å². The highest BCUT2D eigenvalue weighted by Gasteiger charge is 2.11. The number of aromatic nitrogens is 1. The Morgan fingerprint density at radius 2 is 1.84 bits per heavy atom. The Balaban J connectivity index is 2.34. The Morgan fingerprint density at radius 3 is 2.37 bits per heavy atom. The van der Waals surface area contributed by atoms with Crippen molar-refractivity contribution < 1.29 is 14.3 Å². The fourth-order valence-electron chi connectivity index (χ4n) is 1.76. The number of rotatable bonds is 3. The van der Waals surface area contributed by atoms with Crippen LogP contribution in [0.15, 0.2) is 36.4 Å². The summed E-state index contributed by atoms with van der Waals surface area (Å²) in [5.74, 6) is -0.697. The van der Waals surface area contributed by atoms with Gasteiger partial charge in [0.25, 0.3) is 0 Å². The van der Waals surface area contributed by atoms with Crippen molar-refractivity contribution in [3.8, 4) is 0 Å². The van der Waals surface area contributed by atoms with Gasteiger partial charge in [0.2, 0.25) is 0 Å². The molecule has 0 aliphatic rings. The number of hydrogen-bond acceptors (Lipinski definition) is 3. The Kier molecular flexibility index (Phi) is 3.46. The molecule has 0 unspecified atom stereocenters. The van der Waals surface area contributed by atoms with E-state index in [9.17, 15) is 9.18 Å². The molecule has 98 valence electrons. The maximum absolute atomic E-state index is 12.9. The van der Waals surface area contributed by atoms with E-state index < -0.39 is 5.97 Å². The van der Waals surface area contributed by atoms with Crippen LogP contribution in [0, 0.1) is 12.7 Å². The van der Waals surface area contributed by atoms with E-state index in [1.165, 1.54) is 18.2 Å². The number of anilines is 2. The number of nitrogens with zero attached hydrogens (tertiary/aromatic N) is 2. The first-order chi connectivity index (χ1) is 8.99. The molecular weight excluding hydrogens is 247 g/mol. The van der Waals surface area contributed by atoms with E-state index in [-0.39, 0.29) is 11.4 Å². The summed E-state index contributed by atoms with van der Waals surface area (Å²) in [6, 6.07) is 9.14. The van der Waals surface area contributed by atoms with Crippen molar-refractivity contribution in [2.24, 2.45) is 0 Å². The van der Waals surface area contributed by atoms with E-state index in [0.29, 0.717) is 11.5 Å². The van der Waals surface area contributed by atoms with Crippen LogP contribution >= 0.6 is 0 Å². The molecule has 0 aliphatic heterocycles. The SMILES string of the molecule is Cc1nc(N(C)c2ccc(F)cc2)ccc1C(=O)O. The van der Waals surface area contributed by atoms with Crippen LogP contribution in [0.4, 0.5) is 15.9 Å². The van der Waals surface area contributed by atoms with Crippen LogP contribution in [0.5, 0.6) is 0 Å². The normalized spacial score (nSPS) is 10.3. The third kappa shape index (κ3) is 2.70. The monoisotopic (exact) mass is 260 g/mol. The van der Waals surface area contributed by atoms with Gasteiger partial charge in [-0.2, -0.15) is 0 Å². The molecule has 1 aromatic carbocycles. The molecule has 0 amide bonds. The van der Waals surface area contributed by atoms with Gasteiger partial charge in [-0.05, 0) is 43.3 Å². The molecule has 1 N–H and O–H groups in total. The summed E-state index contributed by atoms with van der Waals surface area (Å²) in [6.07, 6.45) is 0. The number of hydrogen-bond donors (Lipinski definition) is 1. The van der Waals surface area contributed by atoms with Gasteiger partial charge in [-0.1, -0.05) is 0 Å². The number of halogens is 1. The molecule has 1 aromatic heterocycles. The first-order valence-electron chi connectivity index (χ1n) is 5.69. The summed E-state index contributed by atoms with van der Waals surface area (Å²) in [5, 5.41) is 8.95.